The Morgan fingerprint density at radius 2 is 2.05 bits per heavy atom. The molecule has 19 heavy (non-hydrogen) atoms. The van der Waals surface area contributed by atoms with Crippen LogP contribution in [0.15, 0.2) is 51.9 Å². The highest BCUT2D eigenvalue weighted by atomic mass is 79.9. The molecule has 0 saturated carbocycles. The fourth-order valence-electron chi connectivity index (χ4n) is 1.77. The van der Waals surface area contributed by atoms with E-state index in [2.05, 4.69) is 15.9 Å². The highest BCUT2D eigenvalue weighted by molar-refractivity contribution is 9.10. The van der Waals surface area contributed by atoms with Gasteiger partial charge in [-0.05, 0) is 28.1 Å². The van der Waals surface area contributed by atoms with Gasteiger partial charge in [0.1, 0.15) is 12.4 Å². The van der Waals surface area contributed by atoms with Crippen LogP contribution in [0, 0.1) is 0 Å². The molecule has 0 saturated heterocycles. The van der Waals surface area contributed by atoms with Crippen molar-refractivity contribution in [2.75, 3.05) is 6.61 Å². The molecular weight excluding hydrogens is 308 g/mol. The van der Waals surface area contributed by atoms with E-state index in [9.17, 15) is 4.79 Å². The highest BCUT2D eigenvalue weighted by Gasteiger charge is 2.06. The van der Waals surface area contributed by atoms with Gasteiger partial charge in [-0.3, -0.25) is 4.79 Å². The molecule has 2 N–H and O–H groups in total. The predicted octanol–water partition coefficient (Wildman–Crippen LogP) is 2.15. The Bertz CT molecular complexity index is 610. The van der Waals surface area contributed by atoms with Crippen LogP contribution in [-0.4, -0.2) is 11.2 Å². The van der Waals surface area contributed by atoms with E-state index in [0.29, 0.717) is 19.7 Å². The molecule has 0 fully saturated rings. The zero-order valence-corrected chi connectivity index (χ0v) is 12.0. The van der Waals surface area contributed by atoms with E-state index in [1.807, 2.05) is 24.3 Å². The molecule has 0 atom stereocenters. The summed E-state index contributed by atoms with van der Waals surface area (Å²) < 4.78 is 8.21. The maximum atomic E-state index is 11.5. The molecule has 4 nitrogen and oxygen atoms in total. The number of para-hydroxylation sites is 1. The first-order valence-electron chi connectivity index (χ1n) is 5.98. The molecular formula is C14H15BrN2O2. The Hall–Kier alpha value is -1.59. The lowest BCUT2D eigenvalue weighted by Gasteiger charge is -2.12. The summed E-state index contributed by atoms with van der Waals surface area (Å²) in [6.07, 6.45) is 1.75. The van der Waals surface area contributed by atoms with Crippen LogP contribution in [0.4, 0.5) is 0 Å². The molecule has 0 aliphatic carbocycles. The van der Waals surface area contributed by atoms with Crippen LogP contribution in [0.25, 0.3) is 0 Å². The lowest BCUT2D eigenvalue weighted by molar-refractivity contribution is 0.292. The van der Waals surface area contributed by atoms with E-state index < -0.39 is 0 Å². The second kappa shape index (κ2) is 6.54. The van der Waals surface area contributed by atoms with Crippen molar-refractivity contribution in [2.45, 2.75) is 13.1 Å². The molecule has 0 aliphatic heterocycles. The smallest absolute Gasteiger partial charge is 0.250 e. The first-order chi connectivity index (χ1) is 9.22. The number of ether oxygens (including phenoxy) is 1. The summed E-state index contributed by atoms with van der Waals surface area (Å²) in [6.45, 7) is 1.34. The minimum atomic E-state index is -0.0303. The molecule has 0 amide bonds. The maximum absolute atomic E-state index is 11.5. The van der Waals surface area contributed by atoms with Crippen LogP contribution >= 0.6 is 15.9 Å². The van der Waals surface area contributed by atoms with Crippen LogP contribution in [0.3, 0.4) is 0 Å². The molecule has 5 heteroatoms. The average molecular weight is 323 g/mol. The Morgan fingerprint density at radius 3 is 2.79 bits per heavy atom. The third kappa shape index (κ3) is 3.45. The monoisotopic (exact) mass is 322 g/mol. The fraction of sp³-hybridized carbons (Fsp3) is 0.214. The van der Waals surface area contributed by atoms with Crippen LogP contribution in [0.1, 0.15) is 5.56 Å². The molecule has 0 radical (unpaired) electrons. The van der Waals surface area contributed by atoms with Crippen molar-refractivity contribution in [3.63, 3.8) is 0 Å². The SMILES string of the molecule is NCc1cccc(Br)c1OCCn1ccccc1=O. The molecule has 0 spiro atoms. The number of nitrogens with zero attached hydrogens (tertiary/aromatic N) is 1. The summed E-state index contributed by atoms with van der Waals surface area (Å²) in [7, 11) is 0. The summed E-state index contributed by atoms with van der Waals surface area (Å²) in [5.74, 6) is 0.744. The topological polar surface area (TPSA) is 57.2 Å². The van der Waals surface area contributed by atoms with E-state index in [-0.39, 0.29) is 5.56 Å². The number of pyridine rings is 1. The van der Waals surface area contributed by atoms with Gasteiger partial charge in [0, 0.05) is 24.4 Å². The Morgan fingerprint density at radius 1 is 1.21 bits per heavy atom. The van der Waals surface area contributed by atoms with Crippen molar-refractivity contribution in [1.82, 2.24) is 4.57 Å². The fourth-order valence-corrected chi connectivity index (χ4v) is 2.29. The van der Waals surface area contributed by atoms with Gasteiger partial charge in [-0.15, -0.1) is 0 Å². The van der Waals surface area contributed by atoms with Gasteiger partial charge in [-0.2, -0.15) is 0 Å². The van der Waals surface area contributed by atoms with Gasteiger partial charge in [0.2, 0.25) is 0 Å². The van der Waals surface area contributed by atoms with Crippen molar-refractivity contribution in [3.8, 4) is 5.75 Å². The molecule has 2 rings (SSSR count). The molecule has 1 heterocycles. The lowest BCUT2D eigenvalue weighted by atomic mass is 10.2. The van der Waals surface area contributed by atoms with Crippen LogP contribution in [0.2, 0.25) is 0 Å². The van der Waals surface area contributed by atoms with Crippen molar-refractivity contribution in [3.05, 3.63) is 63.0 Å². The van der Waals surface area contributed by atoms with Gasteiger partial charge in [0.05, 0.1) is 11.0 Å². The standard InChI is InChI=1S/C14H15BrN2O2/c15-12-5-3-4-11(10-16)14(12)19-9-8-17-7-2-1-6-13(17)18/h1-7H,8-10,16H2. The number of nitrogens with two attached hydrogens (primary N) is 1. The normalized spacial score (nSPS) is 10.4. The van der Waals surface area contributed by atoms with Crippen molar-refractivity contribution >= 4 is 15.9 Å². The van der Waals surface area contributed by atoms with E-state index in [4.69, 9.17) is 10.5 Å². The molecule has 1 aromatic carbocycles. The minimum Gasteiger partial charge on any atom is -0.490 e. The first-order valence-corrected chi connectivity index (χ1v) is 6.77. The summed E-state index contributed by atoms with van der Waals surface area (Å²) in [5.41, 5.74) is 6.58. The Kier molecular flexibility index (Phi) is 4.76. The van der Waals surface area contributed by atoms with Gasteiger partial charge >= 0.3 is 0 Å². The highest BCUT2D eigenvalue weighted by Crippen LogP contribution is 2.28. The molecule has 0 bridgehead atoms. The number of halogens is 1. The van der Waals surface area contributed by atoms with E-state index in [1.54, 1.807) is 16.8 Å². The third-order valence-corrected chi connectivity index (χ3v) is 3.37. The zero-order valence-electron chi connectivity index (χ0n) is 10.4. The summed E-state index contributed by atoms with van der Waals surface area (Å²) >= 11 is 3.44. The van der Waals surface area contributed by atoms with Crippen molar-refractivity contribution < 1.29 is 4.74 Å². The van der Waals surface area contributed by atoms with E-state index >= 15 is 0 Å². The van der Waals surface area contributed by atoms with E-state index in [0.717, 1.165) is 15.8 Å². The van der Waals surface area contributed by atoms with Gasteiger partial charge in [0.25, 0.3) is 5.56 Å². The number of hydrogen-bond donors (Lipinski definition) is 1. The van der Waals surface area contributed by atoms with Gasteiger partial charge in [-0.1, -0.05) is 18.2 Å². The second-order valence-electron chi connectivity index (χ2n) is 4.01. The van der Waals surface area contributed by atoms with Gasteiger partial charge < -0.3 is 15.0 Å². The van der Waals surface area contributed by atoms with Crippen molar-refractivity contribution in [2.24, 2.45) is 5.73 Å². The molecule has 1 aromatic heterocycles. The lowest BCUT2D eigenvalue weighted by Crippen LogP contribution is -2.21. The predicted molar refractivity (Wildman–Crippen MR) is 78.2 cm³/mol. The van der Waals surface area contributed by atoms with Crippen LogP contribution in [-0.2, 0) is 13.1 Å². The number of rotatable bonds is 5. The van der Waals surface area contributed by atoms with Gasteiger partial charge in [-0.25, -0.2) is 0 Å². The number of hydrogen-bond acceptors (Lipinski definition) is 3. The Balaban J connectivity index is 2.04. The van der Waals surface area contributed by atoms with Crippen LogP contribution < -0.4 is 16.0 Å². The average Bonchev–Trinajstić information content (AvgIpc) is 2.42. The summed E-state index contributed by atoms with van der Waals surface area (Å²) in [4.78, 5) is 11.5. The number of benzene rings is 1. The minimum absolute atomic E-state index is 0.0303. The van der Waals surface area contributed by atoms with E-state index in [1.165, 1.54) is 6.07 Å². The number of aromatic nitrogens is 1. The van der Waals surface area contributed by atoms with Crippen molar-refractivity contribution in [1.29, 1.82) is 0 Å². The van der Waals surface area contributed by atoms with Gasteiger partial charge in [0.15, 0.2) is 0 Å². The first kappa shape index (κ1) is 13.8. The summed E-state index contributed by atoms with van der Waals surface area (Å²) in [6, 6.07) is 10.8. The second-order valence-corrected chi connectivity index (χ2v) is 4.87. The zero-order chi connectivity index (χ0) is 13.7. The third-order valence-electron chi connectivity index (χ3n) is 2.75. The molecule has 2 aromatic rings. The largest absolute Gasteiger partial charge is 0.490 e. The maximum Gasteiger partial charge on any atom is 0.250 e. The Labute approximate surface area is 119 Å². The molecule has 100 valence electrons. The van der Waals surface area contributed by atoms with Crippen LogP contribution in [0.5, 0.6) is 5.75 Å². The molecule has 0 aliphatic rings. The summed E-state index contributed by atoms with van der Waals surface area (Å²) in [5, 5.41) is 0. The quantitative estimate of drug-likeness (QED) is 0.917. The molecule has 0 unspecified atom stereocenters.